The van der Waals surface area contributed by atoms with Gasteiger partial charge in [-0.2, -0.15) is 0 Å². The van der Waals surface area contributed by atoms with Crippen molar-refractivity contribution in [3.63, 3.8) is 0 Å². The summed E-state index contributed by atoms with van der Waals surface area (Å²) < 4.78 is 0. The molecule has 0 N–H and O–H groups in total. The molecule has 0 radical (unpaired) electrons. The van der Waals surface area contributed by atoms with Crippen molar-refractivity contribution >= 4 is 10.2 Å². The van der Waals surface area contributed by atoms with Crippen LogP contribution in [0.15, 0.2) is 0 Å². The summed E-state index contributed by atoms with van der Waals surface area (Å²) in [5.74, 6) is 0. The molecule has 5 heteroatoms. The minimum Gasteiger partial charge on any atom is -0.854 e. The molecule has 0 amide bonds. The molecule has 0 aromatic heterocycles. The van der Waals surface area contributed by atoms with Gasteiger partial charge in [-0.1, -0.05) is 77.2 Å². The maximum Gasteiger partial charge on any atom is 1.00 e. The second-order valence-electron chi connectivity index (χ2n) is 4.59. The molecule has 0 fully saturated rings. The number of hydrogen-bond acceptors (Lipinski definition) is 2. The van der Waals surface area contributed by atoms with Crippen LogP contribution < -0.4 is 113 Å². The first kappa shape index (κ1) is 30.3. The van der Waals surface area contributed by atoms with Crippen molar-refractivity contribution < 1.29 is 113 Å². The maximum atomic E-state index is 9.97. The van der Waals surface area contributed by atoms with Gasteiger partial charge in [0.25, 0.3) is 0 Å². The second-order valence-corrected chi connectivity index (χ2v) is 5.59. The molecule has 0 rings (SSSR count). The van der Waals surface area contributed by atoms with E-state index in [1.807, 2.05) is 0 Å². The molecule has 0 unspecified atom stereocenters. The summed E-state index contributed by atoms with van der Waals surface area (Å²) in [7, 11) is 1.35. The van der Waals surface area contributed by atoms with Crippen LogP contribution in [0.5, 0.6) is 0 Å². The van der Waals surface area contributed by atoms with Gasteiger partial charge in [0.1, 0.15) is 0 Å². The fourth-order valence-corrected chi connectivity index (χ4v) is 2.09. The normalized spacial score (nSPS) is 9.00. The van der Waals surface area contributed by atoms with Gasteiger partial charge in [-0.25, -0.2) is 0 Å². The summed E-state index contributed by atoms with van der Waals surface area (Å²) in [4.78, 5) is 0. The quantitative estimate of drug-likeness (QED) is 0.281. The first-order valence-electron chi connectivity index (χ1n) is 7.49. The topological polar surface area (TPSA) is 46.1 Å². The van der Waals surface area contributed by atoms with Crippen molar-refractivity contribution in [3.8, 4) is 0 Å². The van der Waals surface area contributed by atoms with Gasteiger partial charge in [0.05, 0.1) is 0 Å². The van der Waals surface area contributed by atoms with Crippen LogP contribution in [-0.4, -0.2) is 23.5 Å². The van der Waals surface area contributed by atoms with E-state index in [-0.39, 0.29) is 116 Å². The number of hydrogen-bond donors (Lipinski definition) is 0. The Balaban J connectivity index is -0.000000108. The van der Waals surface area contributed by atoms with Crippen LogP contribution in [-0.2, 0) is 0 Å². The van der Waals surface area contributed by atoms with Crippen molar-refractivity contribution in [2.75, 3.05) is 13.2 Å². The van der Waals surface area contributed by atoms with E-state index in [2.05, 4.69) is 6.92 Å². The van der Waals surface area contributed by atoms with Gasteiger partial charge in [0.15, 0.2) is 0 Å². The van der Waals surface area contributed by atoms with Crippen molar-refractivity contribution in [3.05, 3.63) is 0 Å². The minimum absolute atomic E-state index is 0. The van der Waals surface area contributed by atoms with Gasteiger partial charge in [0.2, 0.25) is 0 Å². The first-order valence-corrected chi connectivity index (χ1v) is 8.91. The summed E-state index contributed by atoms with van der Waals surface area (Å²) in [6, 6.07) is 1.43. The average molecular weight is 339 g/mol. The molecule has 0 aromatic rings. The van der Waals surface area contributed by atoms with Gasteiger partial charge >= 0.3 is 103 Å². The Morgan fingerprint density at radius 1 is 0.632 bits per heavy atom. The largest absolute Gasteiger partial charge is 1.00 e. The van der Waals surface area contributed by atoms with E-state index in [1.54, 1.807) is 0 Å². The van der Waals surface area contributed by atoms with Gasteiger partial charge < -0.3 is 10.2 Å². The summed E-state index contributed by atoms with van der Waals surface area (Å²) in [6.45, 7) is 2.42. The molecule has 0 heterocycles. The summed E-state index contributed by atoms with van der Waals surface area (Å²) >= 11 is 0. The van der Waals surface area contributed by atoms with Crippen LogP contribution >= 0.6 is 0 Å². The SMILES string of the molecule is CCCCCCC[O-].[K+].[K+].[O-]CCCCCCC[SiH3]. The molecule has 0 bridgehead atoms. The Hall–Kier alpha value is 3.41. The Labute approximate surface area is 209 Å². The van der Waals surface area contributed by atoms with Crippen LogP contribution in [0, 0.1) is 0 Å². The van der Waals surface area contributed by atoms with E-state index < -0.39 is 0 Å². The third-order valence-corrected chi connectivity index (χ3v) is 3.45. The van der Waals surface area contributed by atoms with E-state index >= 15 is 0 Å². The molecule has 106 valence electrons. The summed E-state index contributed by atoms with van der Waals surface area (Å²) in [6.07, 6.45) is 11.9. The molecule has 0 aliphatic carbocycles. The molecular formula is C14H32K2O2Si. The fourth-order valence-electron chi connectivity index (χ4n) is 1.59. The van der Waals surface area contributed by atoms with E-state index in [0.29, 0.717) is 0 Å². The molecule has 0 aliphatic rings. The Morgan fingerprint density at radius 2 is 1.00 bits per heavy atom. The third kappa shape index (κ3) is 38.8. The van der Waals surface area contributed by atoms with Crippen LogP contribution in [0.3, 0.4) is 0 Å². The second kappa shape index (κ2) is 33.1. The van der Waals surface area contributed by atoms with Crippen LogP contribution in [0.1, 0.15) is 71.1 Å². The standard InChI is InChI=1S/C7H17OSi.C7H15O.2K/c8-6-4-2-1-3-5-7-9;1-2-3-4-5-6-7-8;;/h1-7H2,9H3;2-7H2,1H3;;/q2*-1;2*+1. The van der Waals surface area contributed by atoms with E-state index in [1.165, 1.54) is 54.8 Å². The van der Waals surface area contributed by atoms with Crippen molar-refractivity contribution in [1.29, 1.82) is 0 Å². The maximum absolute atomic E-state index is 9.97. The van der Waals surface area contributed by atoms with Gasteiger partial charge in [0, 0.05) is 10.2 Å². The van der Waals surface area contributed by atoms with E-state index in [4.69, 9.17) is 0 Å². The van der Waals surface area contributed by atoms with Gasteiger partial charge in [-0.3, -0.25) is 0 Å². The third-order valence-electron chi connectivity index (χ3n) is 2.75. The van der Waals surface area contributed by atoms with Crippen LogP contribution in [0.4, 0.5) is 0 Å². The Morgan fingerprint density at radius 3 is 1.37 bits per heavy atom. The molecule has 0 aromatic carbocycles. The number of unbranched alkanes of at least 4 members (excludes halogenated alkanes) is 8. The fraction of sp³-hybridized carbons (Fsp3) is 1.00. The van der Waals surface area contributed by atoms with Gasteiger partial charge in [-0.15, -0.1) is 13.2 Å². The molecule has 19 heavy (non-hydrogen) atoms. The molecule has 0 aliphatic heterocycles. The first-order chi connectivity index (χ1) is 8.33. The zero-order valence-electron chi connectivity index (χ0n) is 14.0. The van der Waals surface area contributed by atoms with Crippen molar-refractivity contribution in [2.45, 2.75) is 77.2 Å². The van der Waals surface area contributed by atoms with Crippen LogP contribution in [0.2, 0.25) is 6.04 Å². The van der Waals surface area contributed by atoms with Crippen LogP contribution in [0.25, 0.3) is 0 Å². The monoisotopic (exact) mass is 338 g/mol. The van der Waals surface area contributed by atoms with Gasteiger partial charge in [-0.05, 0) is 0 Å². The zero-order chi connectivity index (χ0) is 13.2. The van der Waals surface area contributed by atoms with Crippen molar-refractivity contribution in [1.82, 2.24) is 0 Å². The molecule has 0 saturated carbocycles. The average Bonchev–Trinajstić information content (AvgIpc) is 2.36. The molecule has 0 saturated heterocycles. The van der Waals surface area contributed by atoms with E-state index in [0.717, 1.165) is 25.7 Å². The molecular weight excluding hydrogens is 306 g/mol. The smallest absolute Gasteiger partial charge is 0.854 e. The molecule has 2 nitrogen and oxygen atoms in total. The predicted molar refractivity (Wildman–Crippen MR) is 76.3 cm³/mol. The molecule has 0 spiro atoms. The molecule has 0 atom stereocenters. The zero-order valence-corrected chi connectivity index (χ0v) is 22.3. The Bertz CT molecular complexity index is 108. The summed E-state index contributed by atoms with van der Waals surface area (Å²) in [5.41, 5.74) is 0. The minimum atomic E-state index is 0. The van der Waals surface area contributed by atoms with E-state index in [9.17, 15) is 10.2 Å². The summed E-state index contributed by atoms with van der Waals surface area (Å²) in [5, 5.41) is 19.9. The van der Waals surface area contributed by atoms with Crippen molar-refractivity contribution in [2.24, 2.45) is 0 Å². The Kier molecular flexibility index (Phi) is 52.8. The predicted octanol–water partition coefficient (Wildman–Crippen LogP) is -4.59. The number of rotatable bonds is 11.